The molecule has 0 aliphatic carbocycles. The van der Waals surface area contributed by atoms with Crippen molar-refractivity contribution in [3.05, 3.63) is 0 Å². The summed E-state index contributed by atoms with van der Waals surface area (Å²) >= 11 is 0. The Balaban J connectivity index is -0.0000000817. The molecule has 0 amide bonds. The minimum absolute atomic E-state index is 0. The molecule has 0 aromatic carbocycles. The molecule has 0 fully saturated rings. The van der Waals surface area contributed by atoms with Crippen molar-refractivity contribution < 1.29 is 28.1 Å². The minimum Gasteiger partial charge on any atom is -0.344 e. The number of hydrogen-bond acceptors (Lipinski definition) is 4. The molecule has 0 rings (SSSR count). The first kappa shape index (κ1) is 23.2. The van der Waals surface area contributed by atoms with Crippen molar-refractivity contribution in [2.45, 2.75) is 0 Å². The molecule has 0 aliphatic heterocycles. The van der Waals surface area contributed by atoms with Crippen LogP contribution >= 0.6 is 16.1 Å². The van der Waals surface area contributed by atoms with Crippen LogP contribution in [0.4, 0.5) is 0 Å². The molecule has 0 bridgehead atoms. The van der Waals surface area contributed by atoms with Crippen LogP contribution in [-0.4, -0.2) is 73.8 Å². The van der Waals surface area contributed by atoms with E-state index in [9.17, 15) is 9.13 Å². The second-order valence-corrected chi connectivity index (χ2v) is 2.92. The largest absolute Gasteiger partial charge is 0.705 e. The third kappa shape index (κ3) is 24.5. The van der Waals surface area contributed by atoms with E-state index in [1.165, 1.54) is 0 Å². The van der Waals surface area contributed by atoms with Gasteiger partial charge in [0.05, 0.1) is 0 Å². The zero-order valence-corrected chi connectivity index (χ0v) is 12.0. The average Bonchev–Trinajstić information content (AvgIpc) is 1.21. The molecule has 0 saturated heterocycles. The van der Waals surface area contributed by atoms with Crippen molar-refractivity contribution in [3.63, 3.8) is 0 Å². The van der Waals surface area contributed by atoms with Crippen LogP contribution in [0.5, 0.6) is 0 Å². The normalized spacial score (nSPS) is 9.91. The fourth-order valence-corrected chi connectivity index (χ4v) is 0.819. The molecule has 0 heterocycles. The van der Waals surface area contributed by atoms with Gasteiger partial charge in [-0.15, -0.1) is 4.89 Å². The predicted octanol–water partition coefficient (Wildman–Crippen LogP) is -0.854. The van der Waals surface area contributed by atoms with Gasteiger partial charge in [0.15, 0.2) is 0 Å². The van der Waals surface area contributed by atoms with E-state index >= 15 is 0 Å². The summed E-state index contributed by atoms with van der Waals surface area (Å²) in [4.78, 5) is 23.1. The predicted molar refractivity (Wildman–Crippen MR) is 39.5 cm³/mol. The molecule has 0 aromatic heterocycles. The monoisotopic (exact) mass is 224 g/mol. The standard InChI is InChI=1S/H3N.2Na.H2O6P2/c;;;1-7(2)6-8(3,4)5/h1H3;;;(H2-,1,2,3,4,5)/p+1. The SMILES string of the molecule is N.O=[P+](O)OP(=O)(O)O.[Na].[Na]. The maximum Gasteiger partial charge on any atom is 0.705 e. The number of hydrogen-bond donors (Lipinski definition) is 4. The molecule has 6 N–H and O–H groups in total. The molecule has 7 nitrogen and oxygen atoms in total. The van der Waals surface area contributed by atoms with Crippen LogP contribution < -0.4 is 6.15 Å². The van der Waals surface area contributed by atoms with Gasteiger partial charge in [0.25, 0.3) is 0 Å². The fourth-order valence-electron chi connectivity index (χ4n) is 0.0910. The second kappa shape index (κ2) is 10.2. The summed E-state index contributed by atoms with van der Waals surface area (Å²) in [5.74, 6) is 0. The minimum atomic E-state index is -4.76. The van der Waals surface area contributed by atoms with Gasteiger partial charge in [0.2, 0.25) is 0 Å². The van der Waals surface area contributed by atoms with Gasteiger partial charge >= 0.3 is 16.1 Å². The third-order valence-electron chi connectivity index (χ3n) is 0.176. The van der Waals surface area contributed by atoms with Crippen LogP contribution in [0.3, 0.4) is 0 Å². The summed E-state index contributed by atoms with van der Waals surface area (Å²) in [6.45, 7) is 0. The van der Waals surface area contributed by atoms with Gasteiger partial charge in [0, 0.05) is 63.7 Å². The Morgan fingerprint density at radius 2 is 1.55 bits per heavy atom. The number of rotatable bonds is 2. The second-order valence-electron chi connectivity index (χ2n) is 0.810. The molecule has 0 spiro atoms. The molecule has 2 radical (unpaired) electrons. The molecular formula is H6NNa2O6P2+. The van der Waals surface area contributed by atoms with Crippen LogP contribution in [0.2, 0.25) is 0 Å². The van der Waals surface area contributed by atoms with E-state index in [2.05, 4.69) is 4.31 Å². The first-order valence-electron chi connectivity index (χ1n) is 1.33. The molecule has 58 valence electrons. The van der Waals surface area contributed by atoms with Crippen molar-refractivity contribution in [1.29, 1.82) is 0 Å². The van der Waals surface area contributed by atoms with Crippen LogP contribution in [0, 0.1) is 0 Å². The number of phosphoric acid groups is 1. The van der Waals surface area contributed by atoms with Crippen LogP contribution in [0.1, 0.15) is 0 Å². The van der Waals surface area contributed by atoms with Crippen molar-refractivity contribution in [2.24, 2.45) is 0 Å². The van der Waals surface area contributed by atoms with E-state index in [0.717, 1.165) is 0 Å². The van der Waals surface area contributed by atoms with Gasteiger partial charge in [0.1, 0.15) is 0 Å². The van der Waals surface area contributed by atoms with Gasteiger partial charge < -0.3 is 15.9 Å². The fraction of sp³-hybridized carbons (Fsp3) is 0. The van der Waals surface area contributed by atoms with E-state index in [0.29, 0.717) is 0 Å². The smallest absolute Gasteiger partial charge is 0.344 e. The maximum atomic E-state index is 9.57. The molecule has 11 heteroatoms. The molecule has 0 aromatic rings. The molecular weight excluding hydrogens is 218 g/mol. The van der Waals surface area contributed by atoms with Crippen LogP contribution in [-0.2, 0) is 13.4 Å². The Labute approximate surface area is 108 Å². The first-order chi connectivity index (χ1) is 3.42. The third-order valence-corrected chi connectivity index (χ3v) is 1.59. The zero-order valence-electron chi connectivity index (χ0n) is 6.17. The summed E-state index contributed by atoms with van der Waals surface area (Å²) in [6, 6.07) is 0. The summed E-state index contributed by atoms with van der Waals surface area (Å²) < 4.78 is 22.2. The van der Waals surface area contributed by atoms with Gasteiger partial charge in [-0.25, -0.2) is 4.57 Å². The topological polar surface area (TPSA) is 139 Å². The molecule has 1 atom stereocenters. The van der Waals surface area contributed by atoms with E-state index < -0.39 is 16.1 Å². The van der Waals surface area contributed by atoms with E-state index in [1.807, 2.05) is 0 Å². The van der Waals surface area contributed by atoms with E-state index in [-0.39, 0.29) is 65.3 Å². The Morgan fingerprint density at radius 3 is 1.55 bits per heavy atom. The first-order valence-corrected chi connectivity index (χ1v) is 3.99. The van der Waals surface area contributed by atoms with Crippen LogP contribution in [0.15, 0.2) is 0 Å². The van der Waals surface area contributed by atoms with Crippen molar-refractivity contribution >= 4 is 75.2 Å². The van der Waals surface area contributed by atoms with Gasteiger partial charge in [-0.2, -0.15) is 0 Å². The van der Waals surface area contributed by atoms with E-state index in [1.54, 1.807) is 0 Å². The zero-order chi connectivity index (χ0) is 6.78. The Bertz CT molecular complexity index is 142. The van der Waals surface area contributed by atoms with Crippen LogP contribution in [0.25, 0.3) is 0 Å². The van der Waals surface area contributed by atoms with Crippen molar-refractivity contribution in [1.82, 2.24) is 6.15 Å². The average molecular weight is 224 g/mol. The molecule has 0 saturated carbocycles. The summed E-state index contributed by atoms with van der Waals surface area (Å²) in [7, 11) is -7.96. The van der Waals surface area contributed by atoms with Crippen molar-refractivity contribution in [2.75, 3.05) is 0 Å². The van der Waals surface area contributed by atoms with Gasteiger partial charge in [-0.3, -0.25) is 0 Å². The maximum absolute atomic E-state index is 9.57. The van der Waals surface area contributed by atoms with E-state index in [4.69, 9.17) is 14.7 Å². The summed E-state index contributed by atoms with van der Waals surface area (Å²) in [5.41, 5.74) is 0. The molecule has 11 heavy (non-hydrogen) atoms. The Kier molecular flexibility index (Phi) is 21.5. The molecule has 0 aliphatic rings. The Hall–Kier alpha value is 2.13. The van der Waals surface area contributed by atoms with Gasteiger partial charge in [-0.1, -0.05) is 0 Å². The Morgan fingerprint density at radius 1 is 1.27 bits per heavy atom. The summed E-state index contributed by atoms with van der Waals surface area (Å²) in [5, 5.41) is 0. The summed E-state index contributed by atoms with van der Waals surface area (Å²) in [6.07, 6.45) is 0. The molecule has 1 unspecified atom stereocenters. The van der Waals surface area contributed by atoms with Gasteiger partial charge in [-0.05, 0) is 4.31 Å². The van der Waals surface area contributed by atoms with Crippen molar-refractivity contribution in [3.8, 4) is 0 Å². The quantitative estimate of drug-likeness (QED) is 0.353.